The van der Waals surface area contributed by atoms with Crippen LogP contribution in [0.15, 0.2) is 79.9 Å². The molecule has 0 saturated carbocycles. The molecule has 3 heterocycles. The third-order valence-electron chi connectivity index (χ3n) is 8.73. The van der Waals surface area contributed by atoms with Crippen molar-refractivity contribution in [2.75, 3.05) is 31.7 Å². The first-order chi connectivity index (χ1) is 22.5. The number of piperidine rings is 1. The number of aromatic nitrogens is 3. The number of hydrogen-bond donors (Lipinski definition) is 0. The average Bonchev–Trinajstić information content (AvgIpc) is 3.48. The number of allylic oxidation sites excluding steroid dienone is 1. The summed E-state index contributed by atoms with van der Waals surface area (Å²) in [5.41, 5.74) is 6.56. The number of aryl methyl sites for hydroxylation is 2. The number of benzene rings is 2. The van der Waals surface area contributed by atoms with Crippen molar-refractivity contribution in [2.24, 2.45) is 0 Å². The average molecular weight is 637 g/mol. The first-order valence-corrected chi connectivity index (χ1v) is 16.4. The topological polar surface area (TPSA) is 78.2 Å². The van der Waals surface area contributed by atoms with Crippen LogP contribution in [0.3, 0.4) is 0 Å². The molecule has 2 aromatic heterocycles. The van der Waals surface area contributed by atoms with Crippen molar-refractivity contribution >= 4 is 17.4 Å². The van der Waals surface area contributed by atoms with E-state index in [9.17, 15) is 4.79 Å². The van der Waals surface area contributed by atoms with E-state index in [0.29, 0.717) is 36.6 Å². The van der Waals surface area contributed by atoms with E-state index in [1.54, 1.807) is 6.08 Å². The fourth-order valence-electron chi connectivity index (χ4n) is 6.27. The highest BCUT2D eigenvalue weighted by atomic mass is 16.6. The van der Waals surface area contributed by atoms with Gasteiger partial charge in [-0.3, -0.25) is 0 Å². The van der Waals surface area contributed by atoms with Gasteiger partial charge in [-0.05, 0) is 83.1 Å². The van der Waals surface area contributed by atoms with Gasteiger partial charge in [-0.15, -0.1) is 13.2 Å². The quantitative estimate of drug-likeness (QED) is 0.115. The summed E-state index contributed by atoms with van der Waals surface area (Å²) in [4.78, 5) is 20.6. The second kappa shape index (κ2) is 14.2. The summed E-state index contributed by atoms with van der Waals surface area (Å²) in [5, 5.41) is 5.16. The number of rotatable bonds is 12. The van der Waals surface area contributed by atoms with Crippen LogP contribution in [0, 0.1) is 6.92 Å². The number of carbonyl (C=O) groups is 1. The second-order valence-electron chi connectivity index (χ2n) is 13.5. The molecule has 1 atom stereocenters. The molecule has 2 aromatic carbocycles. The van der Waals surface area contributed by atoms with Gasteiger partial charge in [0.2, 0.25) is 0 Å². The highest BCUT2D eigenvalue weighted by molar-refractivity contribution is 5.81. The third kappa shape index (κ3) is 7.66. The van der Waals surface area contributed by atoms with Gasteiger partial charge in [0.05, 0.1) is 36.2 Å². The monoisotopic (exact) mass is 636 g/mol. The molecule has 47 heavy (non-hydrogen) atoms. The first kappa shape index (κ1) is 34.1. The van der Waals surface area contributed by atoms with Gasteiger partial charge in [0.25, 0.3) is 0 Å². The van der Waals surface area contributed by atoms with Crippen molar-refractivity contribution in [3.8, 4) is 22.4 Å². The minimum absolute atomic E-state index is 0.270. The molecule has 4 aromatic rings. The zero-order valence-corrected chi connectivity index (χ0v) is 28.7. The van der Waals surface area contributed by atoms with Crippen LogP contribution in [-0.4, -0.2) is 58.6 Å². The van der Waals surface area contributed by atoms with Gasteiger partial charge >= 0.3 is 5.97 Å². The second-order valence-corrected chi connectivity index (χ2v) is 13.5. The normalized spacial score (nSPS) is 15.4. The number of carbonyl (C=O) groups excluding carboxylic acids is 1. The molecule has 0 amide bonds. The summed E-state index contributed by atoms with van der Waals surface area (Å²) in [6, 6.07) is 19.0. The van der Waals surface area contributed by atoms with Gasteiger partial charge in [0.1, 0.15) is 5.82 Å². The van der Waals surface area contributed by atoms with E-state index >= 15 is 0 Å². The van der Waals surface area contributed by atoms with Crippen LogP contribution >= 0.6 is 0 Å². The standard InChI is InChI=1S/C39H48N4O4/c1-9-11-15-28-16-12-13-19-31(28)29-17-14-18-30(25-29)32-26-33-40-27(3)34(35(37(44)45-8)47-38(4,5)6)36(43(33)41-32)42-22-20-39(7,21-23-42)46-24-10-2/h9-10,12-14,16-19,25-26,35H,1-2,11,15,20-24H2,3-8H3/t35-/m0/s1. The summed E-state index contributed by atoms with van der Waals surface area (Å²) in [6.07, 6.45) is 6.21. The Bertz CT molecular complexity index is 1740. The Morgan fingerprint density at radius 1 is 1.04 bits per heavy atom. The molecule has 0 spiro atoms. The number of methoxy groups -OCH3 is 1. The molecule has 5 rings (SSSR count). The Morgan fingerprint density at radius 3 is 2.45 bits per heavy atom. The molecule has 8 nitrogen and oxygen atoms in total. The SMILES string of the molecule is C=CCCc1ccccc1-c1cccc(-c2cc3nc(C)c([C@H](OC(C)(C)C)C(=O)OC)c(N4CCC(C)(OCC=C)CC4)n3n2)c1. The lowest BCUT2D eigenvalue weighted by molar-refractivity contribution is -0.164. The number of hydrogen-bond acceptors (Lipinski definition) is 7. The lowest BCUT2D eigenvalue weighted by atomic mass is 9.92. The fourth-order valence-corrected chi connectivity index (χ4v) is 6.27. The van der Waals surface area contributed by atoms with Crippen molar-refractivity contribution in [1.29, 1.82) is 0 Å². The third-order valence-corrected chi connectivity index (χ3v) is 8.73. The Kier molecular flexibility index (Phi) is 10.3. The number of ether oxygens (including phenoxy) is 3. The molecular formula is C39H48N4O4. The molecular weight excluding hydrogens is 588 g/mol. The van der Waals surface area contributed by atoms with Crippen LogP contribution < -0.4 is 4.90 Å². The smallest absolute Gasteiger partial charge is 0.339 e. The van der Waals surface area contributed by atoms with Gasteiger partial charge in [-0.1, -0.05) is 54.6 Å². The lowest BCUT2D eigenvalue weighted by Crippen LogP contribution is -2.45. The fraction of sp³-hybridized carbons (Fsp3) is 0.410. The molecule has 1 saturated heterocycles. The minimum Gasteiger partial charge on any atom is -0.467 e. The van der Waals surface area contributed by atoms with E-state index in [4.69, 9.17) is 24.3 Å². The maximum Gasteiger partial charge on any atom is 0.339 e. The van der Waals surface area contributed by atoms with E-state index in [1.807, 2.05) is 44.4 Å². The predicted octanol–water partition coefficient (Wildman–Crippen LogP) is 8.08. The Hall–Kier alpha value is -4.27. The maximum atomic E-state index is 13.4. The van der Waals surface area contributed by atoms with Gasteiger partial charge < -0.3 is 19.1 Å². The van der Waals surface area contributed by atoms with Crippen LogP contribution in [0.4, 0.5) is 5.82 Å². The molecule has 0 unspecified atom stereocenters. The zero-order valence-electron chi connectivity index (χ0n) is 28.7. The number of fused-ring (bicyclic) bond motifs is 1. The van der Waals surface area contributed by atoms with Crippen LogP contribution in [-0.2, 0) is 25.4 Å². The van der Waals surface area contributed by atoms with E-state index < -0.39 is 17.7 Å². The van der Waals surface area contributed by atoms with E-state index in [1.165, 1.54) is 18.2 Å². The zero-order chi connectivity index (χ0) is 33.8. The molecule has 0 aliphatic carbocycles. The van der Waals surface area contributed by atoms with Crippen molar-refractivity contribution in [1.82, 2.24) is 14.6 Å². The molecule has 0 N–H and O–H groups in total. The Morgan fingerprint density at radius 2 is 1.77 bits per heavy atom. The van der Waals surface area contributed by atoms with Crippen LogP contribution in [0.1, 0.15) is 69.9 Å². The van der Waals surface area contributed by atoms with Crippen molar-refractivity contribution in [2.45, 2.75) is 77.6 Å². The number of esters is 1. The van der Waals surface area contributed by atoms with E-state index in [2.05, 4.69) is 73.5 Å². The summed E-state index contributed by atoms with van der Waals surface area (Å²) < 4.78 is 19.7. The van der Waals surface area contributed by atoms with Crippen molar-refractivity contribution in [3.63, 3.8) is 0 Å². The van der Waals surface area contributed by atoms with Gasteiger partial charge in [0, 0.05) is 30.4 Å². The molecule has 248 valence electrons. The van der Waals surface area contributed by atoms with E-state index in [0.717, 1.165) is 48.3 Å². The summed E-state index contributed by atoms with van der Waals surface area (Å²) in [5.74, 6) is 0.312. The first-order valence-electron chi connectivity index (χ1n) is 16.4. The van der Waals surface area contributed by atoms with Gasteiger partial charge in [0.15, 0.2) is 11.8 Å². The predicted molar refractivity (Wildman–Crippen MR) is 189 cm³/mol. The lowest BCUT2D eigenvalue weighted by Gasteiger charge is -2.41. The van der Waals surface area contributed by atoms with Gasteiger partial charge in [-0.2, -0.15) is 9.61 Å². The molecule has 0 radical (unpaired) electrons. The molecule has 8 heteroatoms. The van der Waals surface area contributed by atoms with Crippen LogP contribution in [0.2, 0.25) is 0 Å². The highest BCUT2D eigenvalue weighted by Crippen LogP contribution is 2.39. The molecule has 0 bridgehead atoms. The molecule has 1 aliphatic rings. The van der Waals surface area contributed by atoms with Crippen LogP contribution in [0.25, 0.3) is 28.0 Å². The maximum absolute atomic E-state index is 13.4. The van der Waals surface area contributed by atoms with Crippen molar-refractivity contribution < 1.29 is 19.0 Å². The molecule has 1 fully saturated rings. The van der Waals surface area contributed by atoms with Crippen molar-refractivity contribution in [3.05, 3.63) is 96.7 Å². The summed E-state index contributed by atoms with van der Waals surface area (Å²) >= 11 is 0. The largest absolute Gasteiger partial charge is 0.467 e. The minimum atomic E-state index is -0.986. The molecule has 1 aliphatic heterocycles. The van der Waals surface area contributed by atoms with Gasteiger partial charge in [-0.25, -0.2) is 9.78 Å². The Labute approximate surface area is 279 Å². The summed E-state index contributed by atoms with van der Waals surface area (Å²) in [7, 11) is 1.39. The van der Waals surface area contributed by atoms with E-state index in [-0.39, 0.29) is 5.60 Å². The number of nitrogens with zero attached hydrogens (tertiary/aromatic N) is 4. The highest BCUT2D eigenvalue weighted by Gasteiger charge is 2.38. The number of anilines is 1. The Balaban J connectivity index is 1.64. The van der Waals surface area contributed by atoms with Crippen LogP contribution in [0.5, 0.6) is 0 Å². The summed E-state index contributed by atoms with van der Waals surface area (Å²) in [6.45, 7) is 19.5.